The molecule has 24 heavy (non-hydrogen) atoms. The van der Waals surface area contributed by atoms with Crippen molar-refractivity contribution in [2.45, 2.75) is 18.7 Å². The molecule has 0 fully saturated rings. The van der Waals surface area contributed by atoms with Crippen LogP contribution in [0.4, 0.5) is 5.69 Å². The molecule has 0 spiro atoms. The highest BCUT2D eigenvalue weighted by atomic mass is 79.9. The number of carbonyl (C=O) groups excluding carboxylic acids is 1. The van der Waals surface area contributed by atoms with Gasteiger partial charge in [0.2, 0.25) is 0 Å². The van der Waals surface area contributed by atoms with Crippen LogP contribution >= 0.6 is 15.9 Å². The van der Waals surface area contributed by atoms with E-state index in [1.165, 1.54) is 12.1 Å². The van der Waals surface area contributed by atoms with Gasteiger partial charge in [-0.25, -0.2) is 14.3 Å². The fourth-order valence-corrected chi connectivity index (χ4v) is 3.96. The second kappa shape index (κ2) is 7.33. The number of nitrogens with two attached hydrogens (primary N) is 1. The molecule has 0 saturated carbocycles. The van der Waals surface area contributed by atoms with Crippen molar-refractivity contribution in [3.63, 3.8) is 0 Å². The zero-order valence-corrected chi connectivity index (χ0v) is 15.7. The molecule has 3 N–H and O–H groups in total. The number of hydrogen-bond donors (Lipinski definition) is 2. The van der Waals surface area contributed by atoms with Gasteiger partial charge in [-0.05, 0) is 55.3 Å². The Morgan fingerprint density at radius 1 is 1.17 bits per heavy atom. The van der Waals surface area contributed by atoms with Crippen molar-refractivity contribution in [3.8, 4) is 0 Å². The van der Waals surface area contributed by atoms with E-state index in [4.69, 9.17) is 5.84 Å². The molecule has 0 atom stereocenters. The van der Waals surface area contributed by atoms with E-state index in [0.717, 1.165) is 19.9 Å². The lowest BCUT2D eigenvalue weighted by Gasteiger charge is -2.26. The number of benzene rings is 2. The number of sulfonamides is 1. The predicted molar refractivity (Wildman–Crippen MR) is 96.9 cm³/mol. The second-order valence-corrected chi connectivity index (χ2v) is 8.03. The number of nitrogens with zero attached hydrogens (tertiary/aromatic N) is 1. The molecule has 2 aromatic rings. The number of hydrazine groups is 1. The van der Waals surface area contributed by atoms with Gasteiger partial charge in [-0.1, -0.05) is 28.1 Å². The minimum Gasteiger partial charge on any atom is -0.293 e. The third-order valence-electron chi connectivity index (χ3n) is 3.69. The lowest BCUT2D eigenvalue weighted by atomic mass is 10.1. The number of rotatable bonds is 5. The van der Waals surface area contributed by atoms with E-state index in [2.05, 4.69) is 15.9 Å². The fourth-order valence-electron chi connectivity index (χ4n) is 2.22. The van der Waals surface area contributed by atoms with Crippen LogP contribution in [-0.2, 0) is 14.8 Å². The molecule has 2 rings (SSSR count). The molecular weight excluding hydrogens is 394 g/mol. The molecule has 0 bridgehead atoms. The number of halogens is 1. The van der Waals surface area contributed by atoms with Gasteiger partial charge in [0.25, 0.3) is 15.9 Å². The van der Waals surface area contributed by atoms with Crippen LogP contribution in [0, 0.1) is 13.8 Å². The average Bonchev–Trinajstić information content (AvgIpc) is 2.55. The van der Waals surface area contributed by atoms with E-state index in [1.807, 2.05) is 25.3 Å². The molecule has 0 aliphatic heterocycles. The first kappa shape index (κ1) is 18.4. The van der Waals surface area contributed by atoms with E-state index in [1.54, 1.807) is 24.3 Å². The van der Waals surface area contributed by atoms with E-state index in [-0.39, 0.29) is 4.90 Å². The van der Waals surface area contributed by atoms with Crippen LogP contribution < -0.4 is 15.6 Å². The number of hydrogen-bond acceptors (Lipinski definition) is 4. The summed E-state index contributed by atoms with van der Waals surface area (Å²) in [6.45, 7) is 3.29. The lowest BCUT2D eigenvalue weighted by Crippen LogP contribution is -2.43. The van der Waals surface area contributed by atoms with Crippen molar-refractivity contribution in [2.75, 3.05) is 10.8 Å². The number of amides is 1. The summed E-state index contributed by atoms with van der Waals surface area (Å²) in [4.78, 5) is 11.9. The lowest BCUT2D eigenvalue weighted by molar-refractivity contribution is -0.119. The summed E-state index contributed by atoms with van der Waals surface area (Å²) >= 11 is 3.28. The molecule has 0 aliphatic carbocycles. The van der Waals surface area contributed by atoms with Crippen molar-refractivity contribution >= 4 is 37.5 Å². The zero-order chi connectivity index (χ0) is 17.9. The van der Waals surface area contributed by atoms with Crippen LogP contribution in [0.25, 0.3) is 0 Å². The standard InChI is InChI=1S/C16H18BrN3O3S/c1-11-4-3-5-15(12(11)2)20(10-16(21)19-18)24(22,23)14-8-6-13(17)7-9-14/h3-9H,10,18H2,1-2H3,(H,19,21). The van der Waals surface area contributed by atoms with Crippen molar-refractivity contribution in [2.24, 2.45) is 5.84 Å². The summed E-state index contributed by atoms with van der Waals surface area (Å²) in [6.07, 6.45) is 0. The van der Waals surface area contributed by atoms with Gasteiger partial charge < -0.3 is 0 Å². The quantitative estimate of drug-likeness (QED) is 0.448. The maximum atomic E-state index is 13.0. The summed E-state index contributed by atoms with van der Waals surface area (Å²) in [7, 11) is -3.92. The monoisotopic (exact) mass is 411 g/mol. The number of aryl methyl sites for hydroxylation is 1. The van der Waals surface area contributed by atoms with Gasteiger partial charge in [0.15, 0.2) is 0 Å². The van der Waals surface area contributed by atoms with Crippen molar-refractivity contribution < 1.29 is 13.2 Å². The Bertz CT molecular complexity index is 851. The van der Waals surface area contributed by atoms with Gasteiger partial charge in [-0.2, -0.15) is 0 Å². The highest BCUT2D eigenvalue weighted by molar-refractivity contribution is 9.10. The largest absolute Gasteiger partial charge is 0.293 e. The molecule has 2 aromatic carbocycles. The van der Waals surface area contributed by atoms with Crippen LogP contribution in [0.3, 0.4) is 0 Å². The minimum atomic E-state index is -3.92. The SMILES string of the molecule is Cc1cccc(N(CC(=O)NN)S(=O)(=O)c2ccc(Br)cc2)c1C. The van der Waals surface area contributed by atoms with E-state index in [9.17, 15) is 13.2 Å². The summed E-state index contributed by atoms with van der Waals surface area (Å²) in [5, 5.41) is 0. The Labute approximate surface area is 149 Å². The summed E-state index contributed by atoms with van der Waals surface area (Å²) < 4.78 is 27.9. The van der Waals surface area contributed by atoms with Crippen molar-refractivity contribution in [1.82, 2.24) is 5.43 Å². The molecule has 128 valence electrons. The summed E-state index contributed by atoms with van der Waals surface area (Å²) in [5.41, 5.74) is 4.13. The van der Waals surface area contributed by atoms with Crippen LogP contribution in [-0.4, -0.2) is 20.9 Å². The van der Waals surface area contributed by atoms with E-state index < -0.39 is 22.5 Å². The first-order valence-electron chi connectivity index (χ1n) is 7.11. The number of nitrogens with one attached hydrogen (secondary N) is 1. The van der Waals surface area contributed by atoms with Crippen LogP contribution in [0.5, 0.6) is 0 Å². The van der Waals surface area contributed by atoms with E-state index in [0.29, 0.717) is 5.69 Å². The third-order valence-corrected chi connectivity index (χ3v) is 6.00. The predicted octanol–water partition coefficient (Wildman–Crippen LogP) is 2.25. The van der Waals surface area contributed by atoms with Gasteiger partial charge in [0, 0.05) is 4.47 Å². The molecule has 0 aliphatic rings. The molecule has 0 radical (unpaired) electrons. The van der Waals surface area contributed by atoms with Gasteiger partial charge in [0.1, 0.15) is 6.54 Å². The van der Waals surface area contributed by atoms with Gasteiger partial charge >= 0.3 is 0 Å². The molecule has 0 saturated heterocycles. The second-order valence-electron chi connectivity index (χ2n) is 5.25. The first-order valence-corrected chi connectivity index (χ1v) is 9.34. The number of anilines is 1. The molecule has 6 nitrogen and oxygen atoms in total. The van der Waals surface area contributed by atoms with Gasteiger partial charge in [-0.3, -0.25) is 14.5 Å². The Hall–Kier alpha value is -1.90. The molecular formula is C16H18BrN3O3S. The molecule has 1 amide bonds. The minimum absolute atomic E-state index is 0.0939. The Morgan fingerprint density at radius 3 is 2.38 bits per heavy atom. The average molecular weight is 412 g/mol. The summed E-state index contributed by atoms with van der Waals surface area (Å²) in [5.74, 6) is 4.54. The van der Waals surface area contributed by atoms with Crippen molar-refractivity contribution in [1.29, 1.82) is 0 Å². The molecule has 0 heterocycles. The third kappa shape index (κ3) is 3.77. The van der Waals surface area contributed by atoms with Crippen LogP contribution in [0.1, 0.15) is 11.1 Å². The molecule has 0 aromatic heterocycles. The van der Waals surface area contributed by atoms with E-state index >= 15 is 0 Å². The normalized spacial score (nSPS) is 11.2. The molecule has 0 unspecified atom stereocenters. The topological polar surface area (TPSA) is 92.5 Å². The van der Waals surface area contributed by atoms with Crippen LogP contribution in [0.2, 0.25) is 0 Å². The van der Waals surface area contributed by atoms with Gasteiger partial charge in [0.05, 0.1) is 10.6 Å². The highest BCUT2D eigenvalue weighted by Gasteiger charge is 2.28. The Balaban J connectivity index is 2.59. The van der Waals surface area contributed by atoms with Crippen molar-refractivity contribution in [3.05, 3.63) is 58.1 Å². The summed E-state index contributed by atoms with van der Waals surface area (Å²) in [6, 6.07) is 11.5. The van der Waals surface area contributed by atoms with Crippen LogP contribution in [0.15, 0.2) is 51.8 Å². The maximum absolute atomic E-state index is 13.0. The first-order chi connectivity index (χ1) is 11.3. The maximum Gasteiger partial charge on any atom is 0.264 e. The highest BCUT2D eigenvalue weighted by Crippen LogP contribution is 2.28. The molecule has 8 heteroatoms. The number of carbonyl (C=O) groups is 1. The zero-order valence-electron chi connectivity index (χ0n) is 13.3. The smallest absolute Gasteiger partial charge is 0.264 e. The van der Waals surface area contributed by atoms with Gasteiger partial charge in [-0.15, -0.1) is 0 Å². The Kier molecular flexibility index (Phi) is 5.63. The Morgan fingerprint density at radius 2 is 1.79 bits per heavy atom. The fraction of sp³-hybridized carbons (Fsp3) is 0.188.